The maximum Gasteiger partial charge on any atom is 0.320 e. The fraction of sp³-hybridized carbons (Fsp3) is 0.294. The highest BCUT2D eigenvalue weighted by Crippen LogP contribution is 2.20. The largest absolute Gasteiger partial charge is 0.469 e. The number of nitrogens with two attached hydrogens (primary N) is 1. The molecule has 0 unspecified atom stereocenters. The number of hydrogen-bond acceptors (Lipinski definition) is 8. The Balaban J connectivity index is 1.88. The molecule has 3 N–H and O–H groups in total. The first-order chi connectivity index (χ1) is 12.6. The molecule has 9 heteroatoms. The molecule has 0 aliphatic carbocycles. The van der Waals surface area contributed by atoms with Crippen LogP contribution in [0.5, 0.6) is 6.01 Å². The van der Waals surface area contributed by atoms with E-state index in [9.17, 15) is 4.79 Å². The molecule has 0 saturated carbocycles. The van der Waals surface area contributed by atoms with E-state index in [0.29, 0.717) is 17.7 Å². The summed E-state index contributed by atoms with van der Waals surface area (Å²) in [6, 6.07) is 7.71. The first-order valence-corrected chi connectivity index (χ1v) is 7.97. The smallest absolute Gasteiger partial charge is 0.320 e. The molecular weight excluding hydrogens is 338 g/mol. The zero-order valence-corrected chi connectivity index (χ0v) is 14.3. The van der Waals surface area contributed by atoms with Crippen molar-refractivity contribution in [1.82, 2.24) is 19.5 Å². The molecule has 0 aliphatic rings. The predicted molar refractivity (Wildman–Crippen MR) is 93.6 cm³/mol. The van der Waals surface area contributed by atoms with Crippen molar-refractivity contribution in [3.63, 3.8) is 0 Å². The van der Waals surface area contributed by atoms with Gasteiger partial charge in [0.2, 0.25) is 0 Å². The van der Waals surface area contributed by atoms with Crippen LogP contribution in [0.1, 0.15) is 11.1 Å². The molecule has 26 heavy (non-hydrogen) atoms. The summed E-state index contributed by atoms with van der Waals surface area (Å²) in [6.45, 7) is 0.420. The van der Waals surface area contributed by atoms with Gasteiger partial charge in [-0.1, -0.05) is 24.3 Å². The van der Waals surface area contributed by atoms with E-state index in [4.69, 9.17) is 20.3 Å². The fourth-order valence-electron chi connectivity index (χ4n) is 2.54. The number of fused-ring (bicyclic) bond motifs is 1. The van der Waals surface area contributed by atoms with Crippen molar-refractivity contribution >= 4 is 23.0 Å². The molecule has 0 spiro atoms. The van der Waals surface area contributed by atoms with E-state index >= 15 is 0 Å². The number of methoxy groups -OCH3 is 1. The summed E-state index contributed by atoms with van der Waals surface area (Å²) in [6.07, 6.45) is 1.84. The SMILES string of the molecule is COC(=O)Cc1cccc(Cn2cnc3c(N)nc(OCCO)nc32)c1. The predicted octanol–water partition coefficient (Wildman–Crippen LogP) is 0.543. The highest BCUT2D eigenvalue weighted by atomic mass is 16.5. The molecule has 0 saturated heterocycles. The molecule has 0 radical (unpaired) electrons. The third kappa shape index (κ3) is 3.89. The maximum absolute atomic E-state index is 11.4. The summed E-state index contributed by atoms with van der Waals surface area (Å²) in [7, 11) is 1.37. The van der Waals surface area contributed by atoms with Crippen LogP contribution in [-0.2, 0) is 22.5 Å². The number of aliphatic hydroxyl groups is 1. The van der Waals surface area contributed by atoms with Crippen LogP contribution in [0, 0.1) is 0 Å². The molecule has 0 fully saturated rings. The summed E-state index contributed by atoms with van der Waals surface area (Å²) < 4.78 is 11.8. The number of carbonyl (C=O) groups is 1. The fourth-order valence-corrected chi connectivity index (χ4v) is 2.54. The quantitative estimate of drug-likeness (QED) is 0.587. The lowest BCUT2D eigenvalue weighted by Gasteiger charge is -2.08. The second-order valence-corrected chi connectivity index (χ2v) is 5.58. The molecule has 2 aromatic heterocycles. The van der Waals surface area contributed by atoms with E-state index in [1.54, 1.807) is 6.33 Å². The van der Waals surface area contributed by atoms with Gasteiger partial charge in [-0.3, -0.25) is 4.79 Å². The van der Waals surface area contributed by atoms with E-state index in [1.807, 2.05) is 28.8 Å². The number of aliphatic hydroxyl groups excluding tert-OH is 1. The number of anilines is 1. The van der Waals surface area contributed by atoms with Crippen molar-refractivity contribution in [1.29, 1.82) is 0 Å². The lowest BCUT2D eigenvalue weighted by atomic mass is 10.1. The van der Waals surface area contributed by atoms with Crippen molar-refractivity contribution in [2.45, 2.75) is 13.0 Å². The third-order valence-corrected chi connectivity index (χ3v) is 3.71. The minimum Gasteiger partial charge on any atom is -0.469 e. The van der Waals surface area contributed by atoms with E-state index in [1.165, 1.54) is 7.11 Å². The molecule has 3 rings (SSSR count). The number of esters is 1. The first-order valence-electron chi connectivity index (χ1n) is 7.97. The summed E-state index contributed by atoms with van der Waals surface area (Å²) in [5.74, 6) is -0.0810. The van der Waals surface area contributed by atoms with Crippen LogP contribution in [-0.4, -0.2) is 50.9 Å². The molecule has 0 bridgehead atoms. The number of imidazole rings is 1. The van der Waals surface area contributed by atoms with E-state index in [2.05, 4.69) is 15.0 Å². The molecule has 0 atom stereocenters. The van der Waals surface area contributed by atoms with Gasteiger partial charge in [-0.15, -0.1) is 0 Å². The Bertz CT molecular complexity index is 925. The van der Waals surface area contributed by atoms with Gasteiger partial charge in [0.05, 0.1) is 33.0 Å². The van der Waals surface area contributed by atoms with Crippen molar-refractivity contribution < 1.29 is 19.4 Å². The lowest BCUT2D eigenvalue weighted by Crippen LogP contribution is -2.08. The minimum atomic E-state index is -0.290. The number of nitrogens with zero attached hydrogens (tertiary/aromatic N) is 4. The van der Waals surface area contributed by atoms with Gasteiger partial charge in [-0.25, -0.2) is 4.98 Å². The molecular formula is C17H19N5O4. The number of ether oxygens (including phenoxy) is 2. The molecule has 0 amide bonds. The monoisotopic (exact) mass is 357 g/mol. The standard InChI is InChI=1S/C17H19N5O4/c1-25-13(24)8-11-3-2-4-12(7-11)9-22-10-19-14-15(18)20-17(21-16(14)22)26-6-5-23/h2-4,7,10,23H,5-6,8-9H2,1H3,(H2,18,20,21). The van der Waals surface area contributed by atoms with Crippen LogP contribution in [0.15, 0.2) is 30.6 Å². The van der Waals surface area contributed by atoms with E-state index in [0.717, 1.165) is 11.1 Å². The van der Waals surface area contributed by atoms with Crippen LogP contribution in [0.25, 0.3) is 11.2 Å². The number of benzene rings is 1. The Hall–Kier alpha value is -3.20. The lowest BCUT2D eigenvalue weighted by molar-refractivity contribution is -0.139. The van der Waals surface area contributed by atoms with Crippen molar-refractivity contribution in [3.05, 3.63) is 41.7 Å². The molecule has 136 valence electrons. The average molecular weight is 357 g/mol. The van der Waals surface area contributed by atoms with Gasteiger partial charge in [0.1, 0.15) is 6.61 Å². The van der Waals surface area contributed by atoms with Crippen molar-refractivity contribution in [2.24, 2.45) is 0 Å². The second kappa shape index (κ2) is 7.79. The van der Waals surface area contributed by atoms with Gasteiger partial charge in [-0.2, -0.15) is 9.97 Å². The Morgan fingerprint density at radius 2 is 2.12 bits per heavy atom. The van der Waals surface area contributed by atoms with Gasteiger partial charge in [0.25, 0.3) is 0 Å². The van der Waals surface area contributed by atoms with Crippen molar-refractivity contribution in [2.75, 3.05) is 26.1 Å². The highest BCUT2D eigenvalue weighted by Gasteiger charge is 2.13. The summed E-state index contributed by atoms with van der Waals surface area (Å²) in [5, 5.41) is 8.86. The average Bonchev–Trinajstić information content (AvgIpc) is 3.03. The number of rotatable bonds is 7. The van der Waals surface area contributed by atoms with Gasteiger partial charge in [-0.05, 0) is 11.1 Å². The highest BCUT2D eigenvalue weighted by molar-refractivity contribution is 5.82. The minimum absolute atomic E-state index is 0.0780. The van der Waals surface area contributed by atoms with Crippen LogP contribution < -0.4 is 10.5 Å². The first kappa shape index (κ1) is 17.6. The Kier molecular flexibility index (Phi) is 5.28. The second-order valence-electron chi connectivity index (χ2n) is 5.58. The Morgan fingerprint density at radius 1 is 1.31 bits per heavy atom. The molecule has 9 nitrogen and oxygen atoms in total. The van der Waals surface area contributed by atoms with Gasteiger partial charge >= 0.3 is 12.0 Å². The molecule has 2 heterocycles. The van der Waals surface area contributed by atoms with Gasteiger partial charge < -0.3 is 24.9 Å². The van der Waals surface area contributed by atoms with E-state index < -0.39 is 0 Å². The van der Waals surface area contributed by atoms with Gasteiger partial charge in [0.15, 0.2) is 17.0 Å². The number of hydrogen-bond donors (Lipinski definition) is 2. The Labute approximate surface area is 149 Å². The number of aromatic nitrogens is 4. The zero-order chi connectivity index (χ0) is 18.5. The number of carbonyl (C=O) groups excluding carboxylic acids is 1. The topological polar surface area (TPSA) is 125 Å². The maximum atomic E-state index is 11.4. The van der Waals surface area contributed by atoms with E-state index in [-0.39, 0.29) is 37.4 Å². The summed E-state index contributed by atoms with van der Waals surface area (Å²) in [5.41, 5.74) is 8.75. The van der Waals surface area contributed by atoms with Crippen LogP contribution >= 0.6 is 0 Å². The zero-order valence-electron chi connectivity index (χ0n) is 14.3. The number of nitrogen functional groups attached to an aromatic ring is 1. The molecule has 1 aromatic carbocycles. The van der Waals surface area contributed by atoms with Crippen molar-refractivity contribution in [3.8, 4) is 6.01 Å². The third-order valence-electron chi connectivity index (χ3n) is 3.71. The van der Waals surface area contributed by atoms with Crippen LogP contribution in [0.3, 0.4) is 0 Å². The summed E-state index contributed by atoms with van der Waals surface area (Å²) >= 11 is 0. The molecule has 0 aliphatic heterocycles. The summed E-state index contributed by atoms with van der Waals surface area (Å²) in [4.78, 5) is 24.0. The normalized spacial score (nSPS) is 10.8. The van der Waals surface area contributed by atoms with Crippen LogP contribution in [0.4, 0.5) is 5.82 Å². The molecule has 3 aromatic rings. The Morgan fingerprint density at radius 3 is 2.88 bits per heavy atom. The van der Waals surface area contributed by atoms with Crippen LogP contribution in [0.2, 0.25) is 0 Å². The van der Waals surface area contributed by atoms with Gasteiger partial charge in [0, 0.05) is 0 Å².